The number of anilines is 1. The normalized spacial score (nSPS) is 11.4. The number of benzene rings is 1. The first-order valence-corrected chi connectivity index (χ1v) is 8.34. The maximum Gasteiger partial charge on any atom is 0.315 e. The fourth-order valence-electron chi connectivity index (χ4n) is 2.28. The van der Waals surface area contributed by atoms with Crippen LogP contribution in [0.5, 0.6) is 5.75 Å². The largest absolute Gasteiger partial charge is 0.497 e. The molecular weight excluding hydrogens is 318 g/mol. The maximum absolute atomic E-state index is 11.9. The Morgan fingerprint density at radius 1 is 1.20 bits per heavy atom. The zero-order valence-corrected chi connectivity index (χ0v) is 14.7. The molecule has 1 aromatic heterocycles. The van der Waals surface area contributed by atoms with Gasteiger partial charge in [-0.25, -0.2) is 9.78 Å². The van der Waals surface area contributed by atoms with E-state index < -0.39 is 0 Å². The third-order valence-corrected chi connectivity index (χ3v) is 3.68. The summed E-state index contributed by atoms with van der Waals surface area (Å²) in [5, 5.41) is 8.84. The molecule has 1 aromatic carbocycles. The van der Waals surface area contributed by atoms with Crippen LogP contribution in [0, 0.1) is 0 Å². The quantitative estimate of drug-likeness (QED) is 0.608. The van der Waals surface area contributed by atoms with Crippen molar-refractivity contribution in [2.75, 3.05) is 25.5 Å². The summed E-state index contributed by atoms with van der Waals surface area (Å²) >= 11 is 0. The van der Waals surface area contributed by atoms with Crippen molar-refractivity contribution in [3.8, 4) is 5.75 Å². The van der Waals surface area contributed by atoms with Gasteiger partial charge < -0.3 is 20.7 Å². The molecule has 0 saturated carbocycles. The van der Waals surface area contributed by atoms with Crippen LogP contribution in [0.1, 0.15) is 18.9 Å². The van der Waals surface area contributed by atoms with Crippen molar-refractivity contribution in [1.29, 1.82) is 0 Å². The van der Waals surface area contributed by atoms with E-state index in [1.165, 1.54) is 5.56 Å². The van der Waals surface area contributed by atoms with Gasteiger partial charge in [-0.3, -0.25) is 4.98 Å². The first-order valence-electron chi connectivity index (χ1n) is 8.34. The molecule has 7 nitrogen and oxygen atoms in total. The van der Waals surface area contributed by atoms with Crippen LogP contribution in [0.15, 0.2) is 42.9 Å². The summed E-state index contributed by atoms with van der Waals surface area (Å²) in [5.41, 5.74) is 1.23. The number of hydrogen-bond acceptors (Lipinski definition) is 5. The number of nitrogens with one attached hydrogen (secondary N) is 3. The molecule has 3 N–H and O–H groups in total. The van der Waals surface area contributed by atoms with E-state index in [4.69, 9.17) is 4.74 Å². The Hall–Kier alpha value is -2.83. The van der Waals surface area contributed by atoms with E-state index in [1.807, 2.05) is 31.2 Å². The fourth-order valence-corrected chi connectivity index (χ4v) is 2.28. The van der Waals surface area contributed by atoms with Gasteiger partial charge in [0.05, 0.1) is 13.3 Å². The minimum absolute atomic E-state index is 0.0926. The molecule has 0 aliphatic carbocycles. The van der Waals surface area contributed by atoms with Crippen molar-refractivity contribution >= 4 is 11.8 Å². The number of carbonyl (C=O) groups is 1. The highest BCUT2D eigenvalue weighted by atomic mass is 16.5. The minimum atomic E-state index is -0.164. The van der Waals surface area contributed by atoms with Crippen molar-refractivity contribution in [2.24, 2.45) is 0 Å². The summed E-state index contributed by atoms with van der Waals surface area (Å²) in [6, 6.07) is 7.92. The highest BCUT2D eigenvalue weighted by Crippen LogP contribution is 2.13. The smallest absolute Gasteiger partial charge is 0.315 e. The Bertz CT molecular complexity index is 634. The number of carbonyl (C=O) groups excluding carboxylic acids is 1. The van der Waals surface area contributed by atoms with Crippen LogP contribution in [0.2, 0.25) is 0 Å². The second kappa shape index (κ2) is 10.1. The Labute approximate surface area is 148 Å². The van der Waals surface area contributed by atoms with E-state index in [-0.39, 0.29) is 12.1 Å². The lowest BCUT2D eigenvalue weighted by atomic mass is 10.1. The number of ether oxygens (including phenoxy) is 1. The van der Waals surface area contributed by atoms with Crippen molar-refractivity contribution in [3.05, 3.63) is 48.4 Å². The summed E-state index contributed by atoms with van der Waals surface area (Å²) in [6.07, 6.45) is 6.65. The van der Waals surface area contributed by atoms with Gasteiger partial charge in [-0.05, 0) is 37.5 Å². The summed E-state index contributed by atoms with van der Waals surface area (Å²) in [5.74, 6) is 1.54. The SMILES string of the molecule is COc1ccc(CCC(C)NC(=O)NCCNc2cnccn2)cc1. The van der Waals surface area contributed by atoms with Crippen LogP contribution < -0.4 is 20.7 Å². The predicted octanol–water partition coefficient (Wildman–Crippen LogP) is 2.22. The summed E-state index contributed by atoms with van der Waals surface area (Å²) in [4.78, 5) is 19.9. The molecule has 1 heterocycles. The van der Waals surface area contributed by atoms with E-state index in [1.54, 1.807) is 25.7 Å². The van der Waals surface area contributed by atoms with Gasteiger partial charge in [0.25, 0.3) is 0 Å². The van der Waals surface area contributed by atoms with Gasteiger partial charge >= 0.3 is 6.03 Å². The van der Waals surface area contributed by atoms with Gasteiger partial charge in [0, 0.05) is 31.5 Å². The molecule has 2 rings (SSSR count). The van der Waals surface area contributed by atoms with Crippen molar-refractivity contribution in [3.63, 3.8) is 0 Å². The number of aromatic nitrogens is 2. The van der Waals surface area contributed by atoms with Gasteiger partial charge in [0.2, 0.25) is 0 Å². The molecule has 0 spiro atoms. The monoisotopic (exact) mass is 343 g/mol. The van der Waals surface area contributed by atoms with E-state index in [0.717, 1.165) is 18.6 Å². The molecule has 2 amide bonds. The Morgan fingerprint density at radius 3 is 2.68 bits per heavy atom. The first kappa shape index (κ1) is 18.5. The average molecular weight is 343 g/mol. The number of amides is 2. The fraction of sp³-hybridized carbons (Fsp3) is 0.389. The third kappa shape index (κ3) is 7.07. The summed E-state index contributed by atoms with van der Waals surface area (Å²) < 4.78 is 5.14. The Balaban J connectivity index is 1.59. The van der Waals surface area contributed by atoms with Crippen LogP contribution in [0.3, 0.4) is 0 Å². The Kier molecular flexibility index (Phi) is 7.49. The van der Waals surface area contributed by atoms with E-state index in [2.05, 4.69) is 25.9 Å². The van der Waals surface area contributed by atoms with Gasteiger partial charge in [0.15, 0.2) is 0 Å². The zero-order valence-electron chi connectivity index (χ0n) is 14.7. The molecule has 2 aromatic rings. The van der Waals surface area contributed by atoms with E-state index in [0.29, 0.717) is 18.9 Å². The van der Waals surface area contributed by atoms with Crippen LogP contribution in [0.4, 0.5) is 10.6 Å². The number of rotatable bonds is 9. The highest BCUT2D eigenvalue weighted by Gasteiger charge is 2.07. The van der Waals surface area contributed by atoms with Crippen LogP contribution >= 0.6 is 0 Å². The molecule has 0 bridgehead atoms. The first-order chi connectivity index (χ1) is 12.2. The van der Waals surface area contributed by atoms with Crippen molar-refractivity contribution in [1.82, 2.24) is 20.6 Å². The standard InChI is InChI=1S/C18H25N5O2/c1-14(3-4-15-5-7-16(25-2)8-6-15)23-18(24)22-12-11-21-17-13-19-9-10-20-17/h5-10,13-14H,3-4,11-12H2,1-2H3,(H,20,21)(H2,22,23,24). The van der Waals surface area contributed by atoms with Crippen LogP contribution in [0.25, 0.3) is 0 Å². The molecule has 134 valence electrons. The molecule has 1 atom stereocenters. The van der Waals surface area contributed by atoms with E-state index >= 15 is 0 Å². The van der Waals surface area contributed by atoms with Crippen LogP contribution in [-0.4, -0.2) is 42.2 Å². The average Bonchev–Trinajstić information content (AvgIpc) is 2.65. The molecule has 0 aliphatic heterocycles. The van der Waals surface area contributed by atoms with Crippen molar-refractivity contribution in [2.45, 2.75) is 25.8 Å². The van der Waals surface area contributed by atoms with Crippen molar-refractivity contribution < 1.29 is 9.53 Å². The second-order valence-electron chi connectivity index (χ2n) is 5.71. The highest BCUT2D eigenvalue weighted by molar-refractivity contribution is 5.74. The topological polar surface area (TPSA) is 88.2 Å². The van der Waals surface area contributed by atoms with E-state index in [9.17, 15) is 4.79 Å². The number of methoxy groups -OCH3 is 1. The third-order valence-electron chi connectivity index (χ3n) is 3.68. The molecule has 0 radical (unpaired) electrons. The minimum Gasteiger partial charge on any atom is -0.497 e. The molecule has 1 unspecified atom stereocenters. The molecule has 0 aliphatic rings. The maximum atomic E-state index is 11.9. The number of nitrogens with zero attached hydrogens (tertiary/aromatic N) is 2. The number of urea groups is 1. The number of aryl methyl sites for hydroxylation is 1. The summed E-state index contributed by atoms with van der Waals surface area (Å²) in [6.45, 7) is 3.10. The van der Waals surface area contributed by atoms with Gasteiger partial charge in [-0.2, -0.15) is 0 Å². The summed E-state index contributed by atoms with van der Waals surface area (Å²) in [7, 11) is 1.66. The lowest BCUT2D eigenvalue weighted by Gasteiger charge is -2.15. The lowest BCUT2D eigenvalue weighted by Crippen LogP contribution is -2.42. The van der Waals surface area contributed by atoms with Crippen LogP contribution in [-0.2, 0) is 6.42 Å². The molecule has 7 heteroatoms. The zero-order chi connectivity index (χ0) is 17.9. The lowest BCUT2D eigenvalue weighted by molar-refractivity contribution is 0.237. The molecule has 0 saturated heterocycles. The Morgan fingerprint density at radius 2 is 2.00 bits per heavy atom. The van der Waals surface area contributed by atoms with Gasteiger partial charge in [-0.15, -0.1) is 0 Å². The molecule has 25 heavy (non-hydrogen) atoms. The molecular formula is C18H25N5O2. The number of hydrogen-bond donors (Lipinski definition) is 3. The van der Waals surface area contributed by atoms with Gasteiger partial charge in [0.1, 0.15) is 11.6 Å². The van der Waals surface area contributed by atoms with Gasteiger partial charge in [-0.1, -0.05) is 12.1 Å². The predicted molar refractivity (Wildman–Crippen MR) is 97.8 cm³/mol. The molecule has 0 fully saturated rings. The second-order valence-corrected chi connectivity index (χ2v) is 5.71.